The van der Waals surface area contributed by atoms with Crippen molar-refractivity contribution in [1.29, 1.82) is 0 Å². The number of sulfonamides is 1. The first-order valence-electron chi connectivity index (χ1n) is 5.19. The van der Waals surface area contributed by atoms with Gasteiger partial charge >= 0.3 is 0 Å². The Bertz CT molecular complexity index is 770. The van der Waals surface area contributed by atoms with E-state index in [4.69, 9.17) is 17.3 Å². The molecular weight excluding hydrogens is 373 g/mol. The number of halogens is 3. The molecular formula is C11H8BrClFN3O2S. The predicted molar refractivity (Wildman–Crippen MR) is 78.6 cm³/mol. The Morgan fingerprint density at radius 3 is 2.70 bits per heavy atom. The van der Waals surface area contributed by atoms with Crippen LogP contribution in [0.1, 0.15) is 0 Å². The fourth-order valence-electron chi connectivity index (χ4n) is 1.44. The summed E-state index contributed by atoms with van der Waals surface area (Å²) in [5, 5.41) is 0.165. The van der Waals surface area contributed by atoms with Gasteiger partial charge in [-0.3, -0.25) is 4.72 Å². The maximum absolute atomic E-state index is 13.0. The average molecular weight is 381 g/mol. The van der Waals surface area contributed by atoms with E-state index in [1.807, 2.05) is 0 Å². The van der Waals surface area contributed by atoms with Crippen molar-refractivity contribution in [1.82, 2.24) is 4.98 Å². The Labute approximate surface area is 128 Å². The van der Waals surface area contributed by atoms with Crippen LogP contribution in [0.15, 0.2) is 39.7 Å². The quantitative estimate of drug-likeness (QED) is 0.633. The second-order valence-corrected chi connectivity index (χ2v) is 6.64. The molecule has 0 aliphatic rings. The Morgan fingerprint density at radius 2 is 2.05 bits per heavy atom. The molecule has 0 bridgehead atoms. The minimum atomic E-state index is -4.00. The fourth-order valence-corrected chi connectivity index (χ4v) is 3.73. The normalized spacial score (nSPS) is 11.3. The van der Waals surface area contributed by atoms with Crippen LogP contribution in [0.4, 0.5) is 15.9 Å². The molecule has 1 aromatic carbocycles. The van der Waals surface area contributed by atoms with Crippen molar-refractivity contribution in [3.8, 4) is 0 Å². The first kappa shape index (κ1) is 15.0. The molecule has 0 spiro atoms. The zero-order valence-electron chi connectivity index (χ0n) is 9.77. The van der Waals surface area contributed by atoms with E-state index in [0.29, 0.717) is 0 Å². The van der Waals surface area contributed by atoms with Gasteiger partial charge in [0.2, 0.25) is 5.95 Å². The van der Waals surface area contributed by atoms with E-state index in [-0.39, 0.29) is 25.9 Å². The van der Waals surface area contributed by atoms with Crippen LogP contribution in [0.2, 0.25) is 5.02 Å². The van der Waals surface area contributed by atoms with Crippen molar-refractivity contribution >= 4 is 49.1 Å². The third kappa shape index (κ3) is 3.20. The van der Waals surface area contributed by atoms with Gasteiger partial charge in [-0.05, 0) is 40.2 Å². The summed E-state index contributed by atoms with van der Waals surface area (Å²) < 4.78 is 39.7. The SMILES string of the molecule is Nc1cc(Cl)cc(S(=O)(=O)Nc2cccc(F)n2)c1Br. The van der Waals surface area contributed by atoms with Gasteiger partial charge in [-0.2, -0.15) is 4.39 Å². The van der Waals surface area contributed by atoms with Gasteiger partial charge in [0.25, 0.3) is 10.0 Å². The van der Waals surface area contributed by atoms with E-state index in [0.717, 1.165) is 6.07 Å². The van der Waals surface area contributed by atoms with Gasteiger partial charge in [-0.15, -0.1) is 0 Å². The molecule has 20 heavy (non-hydrogen) atoms. The Morgan fingerprint density at radius 1 is 1.35 bits per heavy atom. The molecule has 5 nitrogen and oxygen atoms in total. The van der Waals surface area contributed by atoms with Crippen LogP contribution in [0.3, 0.4) is 0 Å². The van der Waals surface area contributed by atoms with Crippen molar-refractivity contribution in [3.63, 3.8) is 0 Å². The van der Waals surface area contributed by atoms with Gasteiger partial charge in [0.15, 0.2) is 0 Å². The summed E-state index contributed by atoms with van der Waals surface area (Å²) in [6, 6.07) is 6.39. The summed E-state index contributed by atoms with van der Waals surface area (Å²) in [6.07, 6.45) is 0. The lowest BCUT2D eigenvalue weighted by Gasteiger charge is -2.11. The van der Waals surface area contributed by atoms with Gasteiger partial charge in [-0.25, -0.2) is 13.4 Å². The summed E-state index contributed by atoms with van der Waals surface area (Å²) in [4.78, 5) is 3.26. The second kappa shape index (κ2) is 5.55. The zero-order chi connectivity index (χ0) is 14.9. The van der Waals surface area contributed by atoms with Gasteiger partial charge in [0.1, 0.15) is 10.7 Å². The third-order valence-electron chi connectivity index (χ3n) is 2.28. The lowest BCUT2D eigenvalue weighted by molar-refractivity contribution is 0.584. The number of hydrogen-bond donors (Lipinski definition) is 2. The lowest BCUT2D eigenvalue weighted by Crippen LogP contribution is -2.15. The van der Waals surface area contributed by atoms with E-state index in [1.54, 1.807) is 0 Å². The highest BCUT2D eigenvalue weighted by molar-refractivity contribution is 9.10. The van der Waals surface area contributed by atoms with Crippen LogP contribution in [-0.4, -0.2) is 13.4 Å². The number of hydrogen-bond acceptors (Lipinski definition) is 4. The van der Waals surface area contributed by atoms with Crippen LogP contribution in [-0.2, 0) is 10.0 Å². The molecule has 0 atom stereocenters. The zero-order valence-corrected chi connectivity index (χ0v) is 12.9. The smallest absolute Gasteiger partial charge is 0.264 e. The maximum Gasteiger partial charge on any atom is 0.264 e. The summed E-state index contributed by atoms with van der Waals surface area (Å²) in [7, 11) is -4.00. The molecule has 0 saturated carbocycles. The Kier molecular flexibility index (Phi) is 4.17. The number of nitrogens with one attached hydrogen (secondary N) is 1. The number of pyridine rings is 1. The lowest BCUT2D eigenvalue weighted by atomic mass is 10.3. The highest BCUT2D eigenvalue weighted by Crippen LogP contribution is 2.32. The van der Waals surface area contributed by atoms with Crippen LogP contribution in [0.5, 0.6) is 0 Å². The molecule has 0 unspecified atom stereocenters. The molecule has 0 aliphatic heterocycles. The Balaban J connectivity index is 2.46. The van der Waals surface area contributed by atoms with E-state index < -0.39 is 16.0 Å². The number of anilines is 2. The Hall–Kier alpha value is -1.38. The van der Waals surface area contributed by atoms with Crippen LogP contribution in [0.25, 0.3) is 0 Å². The van der Waals surface area contributed by atoms with Gasteiger partial charge in [0.05, 0.1) is 4.47 Å². The van der Waals surface area contributed by atoms with E-state index >= 15 is 0 Å². The fraction of sp³-hybridized carbons (Fsp3) is 0. The number of rotatable bonds is 3. The van der Waals surface area contributed by atoms with Crippen LogP contribution in [0, 0.1) is 5.95 Å². The molecule has 9 heteroatoms. The monoisotopic (exact) mass is 379 g/mol. The van der Waals surface area contributed by atoms with Crippen molar-refractivity contribution in [2.24, 2.45) is 0 Å². The predicted octanol–water partition coefficient (Wildman–Crippen LogP) is 3.02. The largest absolute Gasteiger partial charge is 0.398 e. The van der Waals surface area contributed by atoms with Crippen molar-refractivity contribution in [3.05, 3.63) is 45.8 Å². The molecule has 2 rings (SSSR count). The number of benzene rings is 1. The van der Waals surface area contributed by atoms with E-state index in [2.05, 4.69) is 25.6 Å². The van der Waals surface area contributed by atoms with Crippen LogP contribution < -0.4 is 10.5 Å². The number of aromatic nitrogens is 1. The minimum absolute atomic E-state index is 0.143. The summed E-state index contributed by atoms with van der Waals surface area (Å²) in [6.45, 7) is 0. The van der Waals surface area contributed by atoms with Gasteiger partial charge < -0.3 is 5.73 Å². The highest BCUT2D eigenvalue weighted by atomic mass is 79.9. The molecule has 0 fully saturated rings. The van der Waals surface area contributed by atoms with E-state index in [1.165, 1.54) is 24.3 Å². The van der Waals surface area contributed by atoms with Crippen LogP contribution >= 0.6 is 27.5 Å². The molecule has 0 amide bonds. The molecule has 0 aliphatic carbocycles. The molecule has 106 valence electrons. The topological polar surface area (TPSA) is 85.1 Å². The van der Waals surface area contributed by atoms with Gasteiger partial charge in [0, 0.05) is 10.7 Å². The first-order chi connectivity index (χ1) is 9.29. The maximum atomic E-state index is 13.0. The van der Waals surface area contributed by atoms with E-state index in [9.17, 15) is 12.8 Å². The van der Waals surface area contributed by atoms with Crippen molar-refractivity contribution < 1.29 is 12.8 Å². The molecule has 0 radical (unpaired) electrons. The average Bonchev–Trinajstić information content (AvgIpc) is 2.33. The number of nitrogens with two attached hydrogens (primary N) is 1. The molecule has 1 heterocycles. The third-order valence-corrected chi connectivity index (χ3v) is 5.02. The summed E-state index contributed by atoms with van der Waals surface area (Å²) in [5.74, 6) is -0.940. The summed E-state index contributed by atoms with van der Waals surface area (Å²) >= 11 is 8.87. The van der Waals surface area contributed by atoms with Crippen molar-refractivity contribution in [2.45, 2.75) is 4.90 Å². The van der Waals surface area contributed by atoms with Crippen molar-refractivity contribution in [2.75, 3.05) is 10.5 Å². The molecule has 1 aromatic heterocycles. The standard InChI is InChI=1S/C11H8BrClFN3O2S/c12-11-7(15)4-6(13)5-8(11)20(18,19)17-10-3-1-2-9(14)16-10/h1-5H,15H2,(H,16,17). The molecule has 3 N–H and O–H groups in total. The van der Waals surface area contributed by atoms with Gasteiger partial charge in [-0.1, -0.05) is 17.7 Å². The molecule has 0 saturated heterocycles. The molecule has 2 aromatic rings. The second-order valence-electron chi connectivity index (χ2n) is 3.76. The number of nitrogen functional groups attached to an aromatic ring is 1. The summed E-state index contributed by atoms with van der Waals surface area (Å²) in [5.41, 5.74) is 5.81. The number of nitrogens with zero attached hydrogens (tertiary/aromatic N) is 1. The highest BCUT2D eigenvalue weighted by Gasteiger charge is 2.21. The first-order valence-corrected chi connectivity index (χ1v) is 7.85. The minimum Gasteiger partial charge on any atom is -0.398 e.